The quantitative estimate of drug-likeness (QED) is 0.658. The molecule has 3 heterocycles. The molecule has 164 valence electrons. The van der Waals surface area contributed by atoms with Crippen LogP contribution in [0, 0.1) is 13.8 Å². The fourth-order valence-corrected chi connectivity index (χ4v) is 3.75. The third kappa shape index (κ3) is 4.82. The Kier molecular flexibility index (Phi) is 6.25. The highest BCUT2D eigenvalue weighted by atomic mass is 16.2. The lowest BCUT2D eigenvalue weighted by molar-refractivity contribution is -0.119. The Morgan fingerprint density at radius 3 is 2.50 bits per heavy atom. The van der Waals surface area contributed by atoms with Gasteiger partial charge in [0.15, 0.2) is 0 Å². The fourth-order valence-electron chi connectivity index (χ4n) is 3.75. The van der Waals surface area contributed by atoms with Crippen molar-refractivity contribution in [1.82, 2.24) is 20.3 Å². The van der Waals surface area contributed by atoms with E-state index in [1.165, 1.54) is 0 Å². The van der Waals surface area contributed by atoms with E-state index < -0.39 is 0 Å². The summed E-state index contributed by atoms with van der Waals surface area (Å²) < 4.78 is 0. The first-order valence-corrected chi connectivity index (χ1v) is 10.9. The van der Waals surface area contributed by atoms with Crippen molar-refractivity contribution in [3.8, 4) is 11.3 Å². The van der Waals surface area contributed by atoms with Crippen molar-refractivity contribution in [1.29, 1.82) is 0 Å². The van der Waals surface area contributed by atoms with Gasteiger partial charge in [0.05, 0.1) is 11.7 Å². The number of amides is 2. The Balaban J connectivity index is 1.67. The normalized spacial score (nSPS) is 14.8. The standard InChI is InChI=1S/C25H27N5O2/c1-16-7-8-23(28-13-16)19-10-20(12-22(11-19)30-9-5-4-6-24(30)31)25(32)29-17(2)21-14-26-18(3)27-15-21/h7-8,10-15,17H,4-6,9H2,1-3H3,(H,29,32)/t17-/m1/s1. The molecular formula is C25H27N5O2. The van der Waals surface area contributed by atoms with E-state index >= 15 is 0 Å². The number of aromatic nitrogens is 3. The topological polar surface area (TPSA) is 88.1 Å². The highest BCUT2D eigenvalue weighted by Gasteiger charge is 2.22. The Morgan fingerprint density at radius 2 is 1.81 bits per heavy atom. The van der Waals surface area contributed by atoms with Crippen LogP contribution in [-0.2, 0) is 4.79 Å². The summed E-state index contributed by atoms with van der Waals surface area (Å²) in [7, 11) is 0. The molecule has 1 aliphatic rings. The first-order chi connectivity index (χ1) is 15.4. The summed E-state index contributed by atoms with van der Waals surface area (Å²) in [6, 6.07) is 9.21. The molecule has 1 N–H and O–H groups in total. The number of aryl methyl sites for hydroxylation is 2. The maximum atomic E-state index is 13.2. The lowest BCUT2D eigenvalue weighted by Crippen LogP contribution is -2.35. The van der Waals surface area contributed by atoms with E-state index in [9.17, 15) is 9.59 Å². The summed E-state index contributed by atoms with van der Waals surface area (Å²) in [4.78, 5) is 40.4. The van der Waals surface area contributed by atoms with Crippen molar-refractivity contribution in [2.75, 3.05) is 11.4 Å². The van der Waals surface area contributed by atoms with E-state index in [-0.39, 0.29) is 17.9 Å². The summed E-state index contributed by atoms with van der Waals surface area (Å²) in [6.45, 7) is 6.35. The van der Waals surface area contributed by atoms with Crippen molar-refractivity contribution < 1.29 is 9.59 Å². The predicted molar refractivity (Wildman–Crippen MR) is 123 cm³/mol. The summed E-state index contributed by atoms with van der Waals surface area (Å²) in [5.41, 5.74) is 4.66. The van der Waals surface area contributed by atoms with Gasteiger partial charge in [-0.1, -0.05) is 6.07 Å². The van der Waals surface area contributed by atoms with Crippen LogP contribution in [0.2, 0.25) is 0 Å². The summed E-state index contributed by atoms with van der Waals surface area (Å²) in [6.07, 6.45) is 7.62. The number of rotatable bonds is 5. The van der Waals surface area contributed by atoms with Crippen LogP contribution in [0.1, 0.15) is 59.5 Å². The second kappa shape index (κ2) is 9.26. The van der Waals surface area contributed by atoms with E-state index in [0.717, 1.165) is 40.9 Å². The fraction of sp³-hybridized carbons (Fsp3) is 0.320. The van der Waals surface area contributed by atoms with Gasteiger partial charge in [0.1, 0.15) is 5.82 Å². The van der Waals surface area contributed by atoms with Crippen LogP contribution in [0.25, 0.3) is 11.3 Å². The Morgan fingerprint density at radius 1 is 1.03 bits per heavy atom. The second-order valence-corrected chi connectivity index (χ2v) is 8.25. The van der Waals surface area contributed by atoms with E-state index in [1.54, 1.807) is 29.6 Å². The molecule has 0 saturated carbocycles. The van der Waals surface area contributed by atoms with E-state index in [1.807, 2.05) is 45.0 Å². The van der Waals surface area contributed by atoms with Crippen molar-refractivity contribution in [3.05, 3.63) is 71.4 Å². The van der Waals surface area contributed by atoms with Crippen LogP contribution in [0.15, 0.2) is 48.9 Å². The molecule has 2 aromatic heterocycles. The summed E-state index contributed by atoms with van der Waals surface area (Å²) in [5, 5.41) is 3.02. The van der Waals surface area contributed by atoms with Gasteiger partial charge in [-0.05, 0) is 63.4 Å². The molecule has 0 radical (unpaired) electrons. The minimum atomic E-state index is -0.260. The minimum Gasteiger partial charge on any atom is -0.345 e. The number of hydrogen-bond donors (Lipinski definition) is 1. The number of pyridine rings is 1. The lowest BCUT2D eigenvalue weighted by atomic mass is 10.0. The average Bonchev–Trinajstić information content (AvgIpc) is 2.80. The number of benzene rings is 1. The first-order valence-electron chi connectivity index (χ1n) is 10.9. The maximum absolute atomic E-state index is 13.2. The van der Waals surface area contributed by atoms with Gasteiger partial charge in [-0.3, -0.25) is 14.6 Å². The monoisotopic (exact) mass is 429 g/mol. The number of anilines is 1. The zero-order valence-electron chi connectivity index (χ0n) is 18.6. The third-order valence-corrected chi connectivity index (χ3v) is 5.67. The van der Waals surface area contributed by atoms with Gasteiger partial charge in [0.2, 0.25) is 5.91 Å². The van der Waals surface area contributed by atoms with E-state index in [4.69, 9.17) is 0 Å². The largest absolute Gasteiger partial charge is 0.345 e. The Hall–Kier alpha value is -3.61. The molecule has 4 rings (SSSR count). The molecule has 1 aliphatic heterocycles. The van der Waals surface area contributed by atoms with Crippen molar-refractivity contribution in [3.63, 3.8) is 0 Å². The van der Waals surface area contributed by atoms with Crippen LogP contribution < -0.4 is 10.2 Å². The summed E-state index contributed by atoms with van der Waals surface area (Å²) >= 11 is 0. The van der Waals surface area contributed by atoms with Crippen LogP contribution in [0.4, 0.5) is 5.69 Å². The Labute approximate surface area is 187 Å². The zero-order chi connectivity index (χ0) is 22.7. The van der Waals surface area contributed by atoms with Crippen LogP contribution >= 0.6 is 0 Å². The molecule has 7 nitrogen and oxygen atoms in total. The Bertz CT molecular complexity index is 1130. The molecule has 1 atom stereocenters. The second-order valence-electron chi connectivity index (χ2n) is 8.25. The smallest absolute Gasteiger partial charge is 0.251 e. The van der Waals surface area contributed by atoms with Crippen LogP contribution in [0.3, 0.4) is 0 Å². The van der Waals surface area contributed by atoms with Gasteiger partial charge in [-0.15, -0.1) is 0 Å². The summed E-state index contributed by atoms with van der Waals surface area (Å²) in [5.74, 6) is 0.543. The number of carbonyl (C=O) groups is 2. The average molecular weight is 430 g/mol. The van der Waals surface area contributed by atoms with Gasteiger partial charge in [-0.2, -0.15) is 0 Å². The van der Waals surface area contributed by atoms with E-state index in [2.05, 4.69) is 20.3 Å². The number of hydrogen-bond acceptors (Lipinski definition) is 5. The molecule has 0 bridgehead atoms. The van der Waals surface area contributed by atoms with E-state index in [0.29, 0.717) is 24.4 Å². The van der Waals surface area contributed by atoms with Crippen molar-refractivity contribution >= 4 is 17.5 Å². The number of carbonyl (C=O) groups excluding carboxylic acids is 2. The molecule has 0 unspecified atom stereocenters. The molecule has 32 heavy (non-hydrogen) atoms. The van der Waals surface area contributed by atoms with Crippen LogP contribution in [-0.4, -0.2) is 33.3 Å². The number of nitrogens with one attached hydrogen (secondary N) is 1. The molecule has 1 aromatic carbocycles. The zero-order valence-corrected chi connectivity index (χ0v) is 18.6. The lowest BCUT2D eigenvalue weighted by Gasteiger charge is -2.27. The van der Waals surface area contributed by atoms with Gasteiger partial charge >= 0.3 is 0 Å². The molecule has 7 heteroatoms. The molecular weight excluding hydrogens is 402 g/mol. The van der Waals surface area contributed by atoms with Gasteiger partial charge < -0.3 is 10.2 Å². The molecule has 0 aliphatic carbocycles. The minimum absolute atomic E-state index is 0.0850. The number of piperidine rings is 1. The van der Waals surface area contributed by atoms with Gasteiger partial charge in [0, 0.05) is 53.9 Å². The highest BCUT2D eigenvalue weighted by molar-refractivity contribution is 6.00. The molecule has 1 saturated heterocycles. The van der Waals surface area contributed by atoms with Gasteiger partial charge in [-0.25, -0.2) is 9.97 Å². The third-order valence-electron chi connectivity index (χ3n) is 5.67. The first kappa shape index (κ1) is 21.6. The maximum Gasteiger partial charge on any atom is 0.251 e. The number of nitrogens with zero attached hydrogens (tertiary/aromatic N) is 4. The SMILES string of the molecule is Cc1ccc(-c2cc(C(=O)N[C@H](C)c3cnc(C)nc3)cc(N3CCCCC3=O)c2)nc1. The highest BCUT2D eigenvalue weighted by Crippen LogP contribution is 2.29. The molecule has 2 amide bonds. The molecule has 3 aromatic rings. The molecule has 1 fully saturated rings. The van der Waals surface area contributed by atoms with Crippen molar-refractivity contribution in [2.24, 2.45) is 0 Å². The molecule has 0 spiro atoms. The van der Waals surface area contributed by atoms with Crippen LogP contribution in [0.5, 0.6) is 0 Å². The van der Waals surface area contributed by atoms with Gasteiger partial charge in [0.25, 0.3) is 5.91 Å². The van der Waals surface area contributed by atoms with Crippen molar-refractivity contribution in [2.45, 2.75) is 46.1 Å². The predicted octanol–water partition coefficient (Wildman–Crippen LogP) is 4.16.